The maximum atomic E-state index is 11.9. The summed E-state index contributed by atoms with van der Waals surface area (Å²) in [5.74, 6) is 0. The first kappa shape index (κ1) is 33.5. The van der Waals surface area contributed by atoms with E-state index in [1.54, 1.807) is 0 Å². The van der Waals surface area contributed by atoms with Crippen molar-refractivity contribution in [2.24, 2.45) is 0 Å². The minimum absolute atomic E-state index is 0.705. The number of unbranched alkanes of at least 4 members (excludes halogenated alkanes) is 26. The summed E-state index contributed by atoms with van der Waals surface area (Å²) in [5, 5.41) is 11.9. The van der Waals surface area contributed by atoms with Crippen LogP contribution in [0.1, 0.15) is 194 Å². The fraction of sp³-hybridized carbons (Fsp3) is 0.969. The molecule has 0 saturated carbocycles. The van der Waals surface area contributed by atoms with Crippen molar-refractivity contribution in [3.8, 4) is 0 Å². The fourth-order valence-electron chi connectivity index (χ4n) is 4.95. The van der Waals surface area contributed by atoms with Crippen molar-refractivity contribution >= 4 is 6.21 Å². The molecule has 0 rings (SSSR count). The first-order chi connectivity index (χ1) is 16.8. The van der Waals surface area contributed by atoms with E-state index < -0.39 is 0 Å². The Bertz CT molecular complexity index is 392. The van der Waals surface area contributed by atoms with Crippen LogP contribution in [0.25, 0.3) is 0 Å². The zero-order valence-corrected chi connectivity index (χ0v) is 23.9. The van der Waals surface area contributed by atoms with Crippen LogP contribution in [0.3, 0.4) is 0 Å². The number of hydroxylamine groups is 1. The van der Waals surface area contributed by atoms with Crippen molar-refractivity contribution in [3.05, 3.63) is 5.21 Å². The van der Waals surface area contributed by atoms with E-state index in [4.69, 9.17) is 0 Å². The van der Waals surface area contributed by atoms with Gasteiger partial charge in [-0.05, 0) is 12.8 Å². The molecular weight excluding hydrogens is 414 g/mol. The van der Waals surface area contributed by atoms with E-state index in [9.17, 15) is 5.21 Å². The Balaban J connectivity index is 3.21. The molecule has 0 spiro atoms. The molecule has 0 amide bonds. The molecule has 0 aliphatic rings. The Morgan fingerprint density at radius 3 is 0.971 bits per heavy atom. The van der Waals surface area contributed by atoms with Gasteiger partial charge in [0.15, 0.2) is 12.8 Å². The van der Waals surface area contributed by atoms with Crippen molar-refractivity contribution in [2.45, 2.75) is 194 Å². The van der Waals surface area contributed by atoms with E-state index in [1.165, 1.54) is 172 Å². The predicted molar refractivity (Wildman–Crippen MR) is 155 cm³/mol. The van der Waals surface area contributed by atoms with Crippen molar-refractivity contribution < 1.29 is 4.74 Å². The second-order valence-corrected chi connectivity index (χ2v) is 11.0. The van der Waals surface area contributed by atoms with Gasteiger partial charge in [-0.3, -0.25) is 0 Å². The molecule has 2 heteroatoms. The minimum atomic E-state index is 0.705. The highest BCUT2D eigenvalue weighted by Gasteiger charge is 1.98. The van der Waals surface area contributed by atoms with Crippen LogP contribution >= 0.6 is 0 Å². The smallest absolute Gasteiger partial charge is 0.153 e. The second kappa shape index (κ2) is 30.5. The van der Waals surface area contributed by atoms with Crippen LogP contribution in [0.15, 0.2) is 0 Å². The Kier molecular flexibility index (Phi) is 30.0. The minimum Gasteiger partial charge on any atom is -0.624 e. The molecule has 0 atom stereocenters. The highest BCUT2D eigenvalue weighted by Crippen LogP contribution is 2.14. The monoisotopic (exact) mass is 480 g/mol. The Labute approximate surface area is 216 Å². The summed E-state index contributed by atoms with van der Waals surface area (Å²) in [4.78, 5) is 0. The average molecular weight is 480 g/mol. The highest BCUT2D eigenvalue weighted by atomic mass is 16.5. The summed E-state index contributed by atoms with van der Waals surface area (Å²) in [6.45, 7) is 5.28. The van der Waals surface area contributed by atoms with Gasteiger partial charge in [-0.15, -0.1) is 0 Å². The standard InChI is InChI=1S/C32H65NO/c1-3-5-7-9-11-13-15-17-18-20-22-24-26-28-30-32-33(34)31-29-27-25-23-21-19-16-14-12-10-8-6-4-2/h32H,3-31H2,1-2H3. The van der Waals surface area contributed by atoms with Gasteiger partial charge in [-0.2, -0.15) is 0 Å². The molecule has 0 saturated heterocycles. The second-order valence-electron chi connectivity index (χ2n) is 11.0. The van der Waals surface area contributed by atoms with Gasteiger partial charge >= 0.3 is 0 Å². The van der Waals surface area contributed by atoms with Crippen LogP contribution < -0.4 is 0 Å². The van der Waals surface area contributed by atoms with Gasteiger partial charge in [-0.1, -0.05) is 168 Å². The molecule has 0 heterocycles. The lowest BCUT2D eigenvalue weighted by molar-refractivity contribution is -0.454. The molecule has 0 aliphatic carbocycles. The molecule has 0 N–H and O–H groups in total. The van der Waals surface area contributed by atoms with Crippen LogP contribution in [0.5, 0.6) is 0 Å². The molecule has 0 aromatic heterocycles. The molecule has 0 radical (unpaired) electrons. The molecular formula is C32H65NO. The first-order valence-corrected chi connectivity index (χ1v) is 16.1. The summed E-state index contributed by atoms with van der Waals surface area (Å²) in [5.41, 5.74) is 0. The summed E-state index contributed by atoms with van der Waals surface area (Å²) in [6.07, 6.45) is 40.1. The van der Waals surface area contributed by atoms with E-state index in [0.29, 0.717) is 6.54 Å². The summed E-state index contributed by atoms with van der Waals surface area (Å²) >= 11 is 0. The zero-order chi connectivity index (χ0) is 24.8. The number of rotatable bonds is 29. The van der Waals surface area contributed by atoms with E-state index in [-0.39, 0.29) is 0 Å². The van der Waals surface area contributed by atoms with Crippen LogP contribution in [-0.2, 0) is 0 Å². The Morgan fingerprint density at radius 1 is 0.382 bits per heavy atom. The lowest BCUT2D eigenvalue weighted by Gasteiger charge is -2.05. The molecule has 204 valence electrons. The lowest BCUT2D eigenvalue weighted by Crippen LogP contribution is -2.06. The Hall–Kier alpha value is -0.530. The molecule has 0 unspecified atom stereocenters. The van der Waals surface area contributed by atoms with Crippen molar-refractivity contribution in [2.75, 3.05) is 6.54 Å². The van der Waals surface area contributed by atoms with E-state index in [2.05, 4.69) is 13.8 Å². The fourth-order valence-corrected chi connectivity index (χ4v) is 4.95. The molecule has 0 fully saturated rings. The third kappa shape index (κ3) is 29.5. The number of hydrogen-bond donors (Lipinski definition) is 0. The number of nitrogens with zero attached hydrogens (tertiary/aromatic N) is 1. The lowest BCUT2D eigenvalue weighted by atomic mass is 10.0. The summed E-state index contributed by atoms with van der Waals surface area (Å²) < 4.78 is 1.21. The SMILES string of the molecule is CCCCCCCCCCCCCCCCC=[N+]([O-])CCCCCCCCCCCCCCC. The maximum absolute atomic E-state index is 11.9. The first-order valence-electron chi connectivity index (χ1n) is 16.1. The molecule has 0 bridgehead atoms. The van der Waals surface area contributed by atoms with Gasteiger partial charge in [0.2, 0.25) is 0 Å². The quantitative estimate of drug-likeness (QED) is 0.0344. The molecule has 0 aromatic rings. The van der Waals surface area contributed by atoms with Crippen LogP contribution in [0, 0.1) is 5.21 Å². The molecule has 0 aromatic carbocycles. The van der Waals surface area contributed by atoms with Gasteiger partial charge in [0.05, 0.1) is 0 Å². The van der Waals surface area contributed by atoms with Crippen LogP contribution in [-0.4, -0.2) is 17.5 Å². The van der Waals surface area contributed by atoms with Crippen LogP contribution in [0.4, 0.5) is 0 Å². The third-order valence-electron chi connectivity index (χ3n) is 7.37. The van der Waals surface area contributed by atoms with Crippen molar-refractivity contribution in [1.29, 1.82) is 0 Å². The Morgan fingerprint density at radius 2 is 0.647 bits per heavy atom. The largest absolute Gasteiger partial charge is 0.624 e. The normalized spacial score (nSPS) is 12.0. The molecule has 0 aliphatic heterocycles. The van der Waals surface area contributed by atoms with E-state index in [0.717, 1.165) is 12.8 Å². The van der Waals surface area contributed by atoms with E-state index in [1.807, 2.05) is 6.21 Å². The summed E-state index contributed by atoms with van der Waals surface area (Å²) in [7, 11) is 0. The molecule has 2 nitrogen and oxygen atoms in total. The van der Waals surface area contributed by atoms with E-state index >= 15 is 0 Å². The van der Waals surface area contributed by atoms with Crippen LogP contribution in [0.2, 0.25) is 0 Å². The highest BCUT2D eigenvalue weighted by molar-refractivity contribution is 5.50. The van der Waals surface area contributed by atoms with Gasteiger partial charge in [0, 0.05) is 12.8 Å². The van der Waals surface area contributed by atoms with Gasteiger partial charge < -0.3 is 5.21 Å². The molecule has 34 heavy (non-hydrogen) atoms. The average Bonchev–Trinajstić information content (AvgIpc) is 2.84. The van der Waals surface area contributed by atoms with Gasteiger partial charge in [0.25, 0.3) is 0 Å². The topological polar surface area (TPSA) is 26.1 Å². The maximum Gasteiger partial charge on any atom is 0.153 e. The predicted octanol–water partition coefficient (Wildman–Crippen LogP) is 11.5. The zero-order valence-electron chi connectivity index (χ0n) is 23.9. The number of hydrogen-bond acceptors (Lipinski definition) is 1. The van der Waals surface area contributed by atoms with Crippen molar-refractivity contribution in [3.63, 3.8) is 0 Å². The van der Waals surface area contributed by atoms with Crippen molar-refractivity contribution in [1.82, 2.24) is 0 Å². The third-order valence-corrected chi connectivity index (χ3v) is 7.37. The summed E-state index contributed by atoms with van der Waals surface area (Å²) in [6, 6.07) is 0. The van der Waals surface area contributed by atoms with Gasteiger partial charge in [0.1, 0.15) is 0 Å². The van der Waals surface area contributed by atoms with Gasteiger partial charge in [-0.25, -0.2) is 4.74 Å².